The van der Waals surface area contributed by atoms with E-state index in [0.717, 1.165) is 0 Å². The third-order valence-electron chi connectivity index (χ3n) is 3.37. The first kappa shape index (κ1) is 21.6. The fourth-order valence-electron chi connectivity index (χ4n) is 2.04. The van der Waals surface area contributed by atoms with E-state index in [2.05, 4.69) is 15.4 Å². The van der Waals surface area contributed by atoms with Gasteiger partial charge in [0.25, 0.3) is 5.91 Å². The number of sulfonamides is 1. The van der Waals surface area contributed by atoms with Gasteiger partial charge in [-0.05, 0) is 61.1 Å². The average Bonchev–Trinajstić information content (AvgIpc) is 2.60. The third kappa shape index (κ3) is 6.15. The van der Waals surface area contributed by atoms with Crippen molar-refractivity contribution < 1.29 is 13.2 Å². The van der Waals surface area contributed by atoms with E-state index in [-0.39, 0.29) is 20.6 Å². The number of amides is 1. The second-order valence-corrected chi connectivity index (χ2v) is 8.47. The van der Waals surface area contributed by atoms with Crippen LogP contribution in [-0.4, -0.2) is 26.0 Å². The Balaban J connectivity index is 2.00. The summed E-state index contributed by atoms with van der Waals surface area (Å²) in [5.74, 6) is -0.489. The van der Waals surface area contributed by atoms with Crippen molar-refractivity contribution in [3.05, 3.63) is 58.1 Å². The van der Waals surface area contributed by atoms with E-state index in [1.807, 2.05) is 6.92 Å². The molecule has 2 aromatic carbocycles. The van der Waals surface area contributed by atoms with Crippen molar-refractivity contribution in [2.75, 3.05) is 11.9 Å². The standard InChI is InChI=1S/C17H17Cl2N3O3S2/c1-2-9-20-27(24,25)13-6-4-12(5-7-13)21-17(26)22-16(23)14-8-3-11(18)10-15(14)19/h3-8,10,20H,2,9H2,1H3,(H2,21,22,23,26). The predicted molar refractivity (Wildman–Crippen MR) is 112 cm³/mol. The molecular weight excluding hydrogens is 429 g/mol. The summed E-state index contributed by atoms with van der Waals surface area (Å²) >= 11 is 16.9. The molecule has 0 radical (unpaired) electrons. The Morgan fingerprint density at radius 1 is 1.11 bits per heavy atom. The zero-order valence-electron chi connectivity index (χ0n) is 14.3. The molecule has 0 bridgehead atoms. The second-order valence-electron chi connectivity index (χ2n) is 5.45. The second kappa shape index (κ2) is 9.48. The van der Waals surface area contributed by atoms with E-state index in [1.165, 1.54) is 24.3 Å². The van der Waals surface area contributed by atoms with E-state index in [4.69, 9.17) is 35.4 Å². The molecule has 0 atom stereocenters. The summed E-state index contributed by atoms with van der Waals surface area (Å²) in [6.07, 6.45) is 0.699. The first-order valence-electron chi connectivity index (χ1n) is 7.90. The number of carbonyl (C=O) groups excluding carboxylic acids is 1. The summed E-state index contributed by atoms with van der Waals surface area (Å²) in [5.41, 5.74) is 0.755. The summed E-state index contributed by atoms with van der Waals surface area (Å²) in [6, 6.07) is 10.5. The predicted octanol–water partition coefficient (Wildman–Crippen LogP) is 3.81. The quantitative estimate of drug-likeness (QED) is 0.588. The number of hydrogen-bond donors (Lipinski definition) is 3. The van der Waals surface area contributed by atoms with Crippen LogP contribution < -0.4 is 15.4 Å². The summed E-state index contributed by atoms with van der Waals surface area (Å²) in [4.78, 5) is 12.4. The molecule has 0 aliphatic rings. The summed E-state index contributed by atoms with van der Waals surface area (Å²) in [5, 5.41) is 5.98. The molecule has 27 heavy (non-hydrogen) atoms. The van der Waals surface area contributed by atoms with Gasteiger partial charge in [-0.15, -0.1) is 0 Å². The minimum atomic E-state index is -3.54. The highest BCUT2D eigenvalue weighted by atomic mass is 35.5. The number of nitrogens with one attached hydrogen (secondary N) is 3. The molecule has 0 fully saturated rings. The zero-order chi connectivity index (χ0) is 20.0. The molecule has 0 aliphatic heterocycles. The van der Waals surface area contributed by atoms with Crippen molar-refractivity contribution in [2.24, 2.45) is 0 Å². The van der Waals surface area contributed by atoms with Gasteiger partial charge < -0.3 is 5.32 Å². The molecule has 0 heterocycles. The van der Waals surface area contributed by atoms with Crippen LogP contribution in [0.4, 0.5) is 5.69 Å². The highest BCUT2D eigenvalue weighted by Crippen LogP contribution is 2.21. The molecule has 0 unspecified atom stereocenters. The highest BCUT2D eigenvalue weighted by molar-refractivity contribution is 7.89. The Kier molecular flexibility index (Phi) is 7.58. The Bertz CT molecular complexity index is 948. The van der Waals surface area contributed by atoms with Gasteiger partial charge in [-0.3, -0.25) is 10.1 Å². The van der Waals surface area contributed by atoms with E-state index in [0.29, 0.717) is 23.7 Å². The maximum absolute atomic E-state index is 12.2. The first-order valence-corrected chi connectivity index (χ1v) is 10.5. The molecule has 2 rings (SSSR count). The van der Waals surface area contributed by atoms with Gasteiger partial charge in [0.15, 0.2) is 5.11 Å². The van der Waals surface area contributed by atoms with Crippen LogP contribution in [0, 0.1) is 0 Å². The van der Waals surface area contributed by atoms with Crippen LogP contribution >= 0.6 is 35.4 Å². The topological polar surface area (TPSA) is 87.3 Å². The Morgan fingerprint density at radius 3 is 2.37 bits per heavy atom. The van der Waals surface area contributed by atoms with Crippen molar-refractivity contribution in [1.82, 2.24) is 10.0 Å². The van der Waals surface area contributed by atoms with Crippen LogP contribution in [0.3, 0.4) is 0 Å². The van der Waals surface area contributed by atoms with E-state index >= 15 is 0 Å². The Hall–Kier alpha value is -1.71. The maximum Gasteiger partial charge on any atom is 0.258 e. The largest absolute Gasteiger partial charge is 0.332 e. The van der Waals surface area contributed by atoms with Gasteiger partial charge >= 0.3 is 0 Å². The monoisotopic (exact) mass is 445 g/mol. The van der Waals surface area contributed by atoms with Gasteiger partial charge in [-0.2, -0.15) is 0 Å². The van der Waals surface area contributed by atoms with Gasteiger partial charge in [0.1, 0.15) is 0 Å². The van der Waals surface area contributed by atoms with E-state index < -0.39 is 15.9 Å². The molecule has 0 spiro atoms. The molecule has 10 heteroatoms. The lowest BCUT2D eigenvalue weighted by molar-refractivity contribution is 0.0978. The maximum atomic E-state index is 12.2. The molecule has 0 aliphatic carbocycles. The number of benzene rings is 2. The number of carbonyl (C=O) groups is 1. The van der Waals surface area contributed by atoms with Gasteiger partial charge in [-0.1, -0.05) is 30.1 Å². The molecule has 6 nitrogen and oxygen atoms in total. The number of rotatable bonds is 6. The summed E-state index contributed by atoms with van der Waals surface area (Å²) in [6.45, 7) is 2.24. The Labute approximate surface area is 173 Å². The summed E-state index contributed by atoms with van der Waals surface area (Å²) < 4.78 is 26.6. The smallest absolute Gasteiger partial charge is 0.258 e. The molecular formula is C17H17Cl2N3O3S2. The molecule has 2 aromatic rings. The third-order valence-corrected chi connectivity index (χ3v) is 5.60. The SMILES string of the molecule is CCCNS(=O)(=O)c1ccc(NC(=S)NC(=O)c2ccc(Cl)cc2Cl)cc1. The van der Waals surface area contributed by atoms with Gasteiger partial charge in [0, 0.05) is 17.3 Å². The van der Waals surface area contributed by atoms with Gasteiger partial charge in [0.05, 0.1) is 15.5 Å². The normalized spacial score (nSPS) is 11.1. The fourth-order valence-corrected chi connectivity index (χ4v) is 3.88. The minimum Gasteiger partial charge on any atom is -0.332 e. The van der Waals surface area contributed by atoms with Crippen molar-refractivity contribution >= 4 is 62.2 Å². The first-order chi connectivity index (χ1) is 12.7. The number of hydrogen-bond acceptors (Lipinski definition) is 4. The van der Waals surface area contributed by atoms with Crippen LogP contribution in [0.2, 0.25) is 10.0 Å². The number of anilines is 1. The minimum absolute atomic E-state index is 0.0470. The fraction of sp³-hybridized carbons (Fsp3) is 0.176. The van der Waals surface area contributed by atoms with Gasteiger partial charge in [-0.25, -0.2) is 13.1 Å². The lowest BCUT2D eigenvalue weighted by atomic mass is 10.2. The molecule has 1 amide bonds. The Morgan fingerprint density at radius 2 is 1.78 bits per heavy atom. The number of thiocarbonyl (C=S) groups is 1. The average molecular weight is 446 g/mol. The van der Waals surface area contributed by atoms with Crippen LogP contribution in [0.15, 0.2) is 47.4 Å². The molecule has 3 N–H and O–H groups in total. The van der Waals surface area contributed by atoms with E-state index in [1.54, 1.807) is 18.2 Å². The van der Waals surface area contributed by atoms with Crippen molar-refractivity contribution in [3.63, 3.8) is 0 Å². The lowest BCUT2D eigenvalue weighted by Gasteiger charge is -2.11. The van der Waals surface area contributed by atoms with Crippen LogP contribution in [0.25, 0.3) is 0 Å². The van der Waals surface area contributed by atoms with E-state index in [9.17, 15) is 13.2 Å². The van der Waals surface area contributed by atoms with Crippen molar-refractivity contribution in [1.29, 1.82) is 0 Å². The van der Waals surface area contributed by atoms with Crippen LogP contribution in [0.5, 0.6) is 0 Å². The highest BCUT2D eigenvalue weighted by Gasteiger charge is 2.14. The molecule has 0 saturated heterocycles. The van der Waals surface area contributed by atoms with Crippen molar-refractivity contribution in [2.45, 2.75) is 18.2 Å². The lowest BCUT2D eigenvalue weighted by Crippen LogP contribution is -2.34. The molecule has 144 valence electrons. The zero-order valence-corrected chi connectivity index (χ0v) is 17.4. The van der Waals surface area contributed by atoms with Crippen LogP contribution in [-0.2, 0) is 10.0 Å². The number of halogens is 2. The molecule has 0 saturated carbocycles. The van der Waals surface area contributed by atoms with Crippen molar-refractivity contribution in [3.8, 4) is 0 Å². The summed E-state index contributed by atoms with van der Waals surface area (Å²) in [7, 11) is -3.54. The van der Waals surface area contributed by atoms with Crippen LogP contribution in [0.1, 0.15) is 23.7 Å². The molecule has 0 aromatic heterocycles. The van der Waals surface area contributed by atoms with Gasteiger partial charge in [0.2, 0.25) is 10.0 Å².